The predicted octanol–water partition coefficient (Wildman–Crippen LogP) is 4.37. The average molecular weight is 333 g/mol. The Hall–Kier alpha value is -0.930. The van der Waals surface area contributed by atoms with E-state index >= 15 is 0 Å². The van der Waals surface area contributed by atoms with Crippen LogP contribution >= 0.6 is 15.9 Å². The molecule has 1 aromatic carbocycles. The third-order valence-electron chi connectivity index (χ3n) is 4.27. The molecular weight excluding hydrogens is 312 g/mol. The van der Waals surface area contributed by atoms with Crippen molar-refractivity contribution in [1.82, 2.24) is 9.88 Å². The standard InChI is InChI=1S/C17H21BrN2/c18-12-16-9-2-1-3-11-20(16)13-15-7-4-6-14-8-5-10-19-17(14)15/h4-8,10,16H,1-3,9,11-13H2. The average Bonchev–Trinajstić information content (AvgIpc) is 2.72. The highest BCUT2D eigenvalue weighted by molar-refractivity contribution is 9.09. The summed E-state index contributed by atoms with van der Waals surface area (Å²) in [4.78, 5) is 7.21. The molecule has 106 valence electrons. The highest BCUT2D eigenvalue weighted by atomic mass is 79.9. The molecule has 1 aliphatic heterocycles. The second-order valence-corrected chi connectivity index (χ2v) is 6.27. The van der Waals surface area contributed by atoms with Gasteiger partial charge < -0.3 is 0 Å². The number of para-hydroxylation sites is 1. The quantitative estimate of drug-likeness (QED) is 0.775. The Morgan fingerprint density at radius 1 is 1.15 bits per heavy atom. The van der Waals surface area contributed by atoms with E-state index in [9.17, 15) is 0 Å². The van der Waals surface area contributed by atoms with Gasteiger partial charge in [0.15, 0.2) is 0 Å². The molecule has 0 amide bonds. The summed E-state index contributed by atoms with van der Waals surface area (Å²) in [6.45, 7) is 2.23. The number of likely N-dealkylation sites (tertiary alicyclic amines) is 1. The lowest BCUT2D eigenvalue weighted by atomic mass is 10.1. The Morgan fingerprint density at radius 3 is 2.95 bits per heavy atom. The summed E-state index contributed by atoms with van der Waals surface area (Å²) in [5, 5.41) is 2.32. The molecule has 0 aliphatic carbocycles. The molecule has 0 N–H and O–H groups in total. The van der Waals surface area contributed by atoms with Crippen molar-refractivity contribution >= 4 is 26.8 Å². The van der Waals surface area contributed by atoms with Gasteiger partial charge in [-0.25, -0.2) is 0 Å². The second-order valence-electron chi connectivity index (χ2n) is 5.62. The molecule has 3 rings (SSSR count). The number of hydrogen-bond donors (Lipinski definition) is 0. The second kappa shape index (κ2) is 6.68. The lowest BCUT2D eigenvalue weighted by Gasteiger charge is -2.28. The minimum atomic E-state index is 0.663. The maximum atomic E-state index is 4.58. The number of halogens is 1. The van der Waals surface area contributed by atoms with Crippen LogP contribution < -0.4 is 0 Å². The molecule has 2 heterocycles. The number of benzene rings is 1. The summed E-state index contributed by atoms with van der Waals surface area (Å²) in [6, 6.07) is 11.4. The fourth-order valence-corrected chi connectivity index (χ4v) is 3.87. The molecule has 1 saturated heterocycles. The van der Waals surface area contributed by atoms with Gasteiger partial charge in [-0.3, -0.25) is 9.88 Å². The summed E-state index contributed by atoms with van der Waals surface area (Å²) >= 11 is 3.69. The fourth-order valence-electron chi connectivity index (χ4n) is 3.13. The van der Waals surface area contributed by atoms with Crippen molar-refractivity contribution in [1.29, 1.82) is 0 Å². The lowest BCUT2D eigenvalue weighted by molar-refractivity contribution is 0.210. The number of hydrogen-bond acceptors (Lipinski definition) is 2. The molecule has 1 atom stereocenters. The van der Waals surface area contributed by atoms with E-state index in [0.29, 0.717) is 6.04 Å². The van der Waals surface area contributed by atoms with E-state index in [1.54, 1.807) is 0 Å². The number of nitrogens with zero attached hydrogens (tertiary/aromatic N) is 2. The van der Waals surface area contributed by atoms with Gasteiger partial charge in [-0.2, -0.15) is 0 Å². The van der Waals surface area contributed by atoms with Crippen LogP contribution in [0.15, 0.2) is 36.5 Å². The van der Waals surface area contributed by atoms with Crippen LogP contribution in [-0.2, 0) is 6.54 Å². The third kappa shape index (κ3) is 3.04. The Kier molecular flexibility index (Phi) is 4.69. The maximum Gasteiger partial charge on any atom is 0.0746 e. The first-order valence-electron chi connectivity index (χ1n) is 7.51. The van der Waals surface area contributed by atoms with Crippen LogP contribution in [0.1, 0.15) is 31.2 Å². The largest absolute Gasteiger partial charge is 0.295 e. The van der Waals surface area contributed by atoms with Gasteiger partial charge in [0.25, 0.3) is 0 Å². The van der Waals surface area contributed by atoms with Crippen LogP contribution in [0, 0.1) is 0 Å². The van der Waals surface area contributed by atoms with E-state index in [-0.39, 0.29) is 0 Å². The third-order valence-corrected chi connectivity index (χ3v) is 5.01. The molecular formula is C17H21BrN2. The summed E-state index contributed by atoms with van der Waals surface area (Å²) in [6.07, 6.45) is 7.26. The highest BCUT2D eigenvalue weighted by Crippen LogP contribution is 2.23. The summed E-state index contributed by atoms with van der Waals surface area (Å²) in [5.74, 6) is 0. The van der Waals surface area contributed by atoms with E-state index in [4.69, 9.17) is 0 Å². The van der Waals surface area contributed by atoms with Crippen LogP contribution in [0.3, 0.4) is 0 Å². The minimum absolute atomic E-state index is 0.663. The Labute approximate surface area is 129 Å². The van der Waals surface area contributed by atoms with Gasteiger partial charge >= 0.3 is 0 Å². The molecule has 0 saturated carbocycles. The Bertz CT molecular complexity index is 564. The van der Waals surface area contributed by atoms with Crippen molar-refractivity contribution in [3.05, 3.63) is 42.1 Å². The highest BCUT2D eigenvalue weighted by Gasteiger charge is 2.20. The Balaban J connectivity index is 1.87. The van der Waals surface area contributed by atoms with Crippen LogP contribution in [0.5, 0.6) is 0 Å². The van der Waals surface area contributed by atoms with E-state index < -0.39 is 0 Å². The summed E-state index contributed by atoms with van der Waals surface area (Å²) in [7, 11) is 0. The van der Waals surface area contributed by atoms with E-state index in [1.807, 2.05) is 12.3 Å². The normalized spacial score (nSPS) is 20.9. The molecule has 2 nitrogen and oxygen atoms in total. The summed E-state index contributed by atoms with van der Waals surface area (Å²) in [5.41, 5.74) is 2.52. The van der Waals surface area contributed by atoms with Crippen molar-refractivity contribution in [2.45, 2.75) is 38.3 Å². The lowest BCUT2D eigenvalue weighted by Crippen LogP contribution is -2.35. The smallest absolute Gasteiger partial charge is 0.0746 e. The monoisotopic (exact) mass is 332 g/mol. The molecule has 0 bridgehead atoms. The van der Waals surface area contributed by atoms with Gasteiger partial charge in [0, 0.05) is 29.5 Å². The van der Waals surface area contributed by atoms with Crippen molar-refractivity contribution in [2.24, 2.45) is 0 Å². The molecule has 1 aliphatic rings. The number of rotatable bonds is 3. The van der Waals surface area contributed by atoms with Gasteiger partial charge in [0.1, 0.15) is 0 Å². The van der Waals surface area contributed by atoms with Gasteiger partial charge in [0.05, 0.1) is 5.52 Å². The van der Waals surface area contributed by atoms with E-state index in [1.165, 1.54) is 43.2 Å². The number of alkyl halides is 1. The van der Waals surface area contributed by atoms with Crippen LogP contribution in [0.25, 0.3) is 10.9 Å². The molecule has 20 heavy (non-hydrogen) atoms. The van der Waals surface area contributed by atoms with Gasteiger partial charge in [0.2, 0.25) is 0 Å². The zero-order valence-corrected chi connectivity index (χ0v) is 13.3. The van der Waals surface area contributed by atoms with Gasteiger partial charge in [-0.05, 0) is 31.0 Å². The van der Waals surface area contributed by atoms with Crippen molar-refractivity contribution in [3.8, 4) is 0 Å². The van der Waals surface area contributed by atoms with Crippen molar-refractivity contribution in [3.63, 3.8) is 0 Å². The first-order chi connectivity index (χ1) is 9.88. The zero-order chi connectivity index (χ0) is 13.8. The number of aromatic nitrogens is 1. The minimum Gasteiger partial charge on any atom is -0.295 e. The van der Waals surface area contributed by atoms with Crippen LogP contribution in [0.4, 0.5) is 0 Å². The molecule has 1 aromatic heterocycles. The molecule has 0 spiro atoms. The molecule has 3 heteroatoms. The van der Waals surface area contributed by atoms with Gasteiger partial charge in [-0.1, -0.05) is 53.0 Å². The maximum absolute atomic E-state index is 4.58. The van der Waals surface area contributed by atoms with Crippen molar-refractivity contribution < 1.29 is 0 Å². The van der Waals surface area contributed by atoms with Crippen molar-refractivity contribution in [2.75, 3.05) is 11.9 Å². The van der Waals surface area contributed by atoms with Crippen LogP contribution in [-0.4, -0.2) is 27.8 Å². The summed E-state index contributed by atoms with van der Waals surface area (Å²) < 4.78 is 0. The zero-order valence-electron chi connectivity index (χ0n) is 11.8. The van der Waals surface area contributed by atoms with Crippen LogP contribution in [0.2, 0.25) is 0 Å². The molecule has 1 unspecified atom stereocenters. The van der Waals surface area contributed by atoms with E-state index in [0.717, 1.165) is 17.4 Å². The topological polar surface area (TPSA) is 16.1 Å². The van der Waals surface area contributed by atoms with Gasteiger partial charge in [-0.15, -0.1) is 0 Å². The first kappa shape index (κ1) is 14.0. The molecule has 2 aromatic rings. The molecule has 0 radical (unpaired) electrons. The predicted molar refractivity (Wildman–Crippen MR) is 88.2 cm³/mol. The Morgan fingerprint density at radius 2 is 2.05 bits per heavy atom. The number of pyridine rings is 1. The first-order valence-corrected chi connectivity index (χ1v) is 8.63. The fraction of sp³-hybridized carbons (Fsp3) is 0.471. The SMILES string of the molecule is BrCC1CCCCCN1Cc1cccc2cccnc12. The number of fused-ring (bicyclic) bond motifs is 1. The van der Waals surface area contributed by atoms with E-state index in [2.05, 4.69) is 50.1 Å². The molecule has 1 fully saturated rings.